The van der Waals surface area contributed by atoms with E-state index in [9.17, 15) is 4.79 Å². The van der Waals surface area contributed by atoms with Crippen molar-refractivity contribution in [2.75, 3.05) is 6.61 Å². The highest BCUT2D eigenvalue weighted by atomic mass is 35.5. The number of benzene rings is 1. The Morgan fingerprint density at radius 1 is 1.36 bits per heavy atom. The summed E-state index contributed by atoms with van der Waals surface area (Å²) in [5, 5.41) is 1.34. The van der Waals surface area contributed by atoms with Gasteiger partial charge in [-0.25, -0.2) is 9.97 Å². The molecule has 0 aliphatic rings. The zero-order valence-corrected chi connectivity index (χ0v) is 13.4. The quantitative estimate of drug-likeness (QED) is 0.547. The predicted octanol–water partition coefficient (Wildman–Crippen LogP) is 3.54. The van der Waals surface area contributed by atoms with Crippen LogP contribution in [0.2, 0.25) is 5.15 Å². The molecule has 2 aromatic heterocycles. The minimum atomic E-state index is -0.451. The standard InChI is InChI=1S/C16H16ClN3O2/c1-10(21)22-8-16(2,3)20-9-18-13-14(20)11-6-4-5-7-12(11)19-15(13)17/h4-7,9H,8H2,1-3H3. The van der Waals surface area contributed by atoms with Crippen LogP contribution in [0.1, 0.15) is 20.8 Å². The zero-order chi connectivity index (χ0) is 15.9. The van der Waals surface area contributed by atoms with Crippen LogP contribution in [0.4, 0.5) is 0 Å². The smallest absolute Gasteiger partial charge is 0.302 e. The Morgan fingerprint density at radius 2 is 2.09 bits per heavy atom. The van der Waals surface area contributed by atoms with Gasteiger partial charge in [-0.1, -0.05) is 29.8 Å². The van der Waals surface area contributed by atoms with E-state index in [4.69, 9.17) is 16.3 Å². The van der Waals surface area contributed by atoms with E-state index in [0.717, 1.165) is 16.4 Å². The molecule has 3 aromatic rings. The molecule has 1 aromatic carbocycles. The molecule has 0 fully saturated rings. The number of fused-ring (bicyclic) bond motifs is 3. The van der Waals surface area contributed by atoms with Gasteiger partial charge >= 0.3 is 5.97 Å². The molecule has 0 radical (unpaired) electrons. The van der Waals surface area contributed by atoms with E-state index >= 15 is 0 Å². The van der Waals surface area contributed by atoms with E-state index in [2.05, 4.69) is 9.97 Å². The second kappa shape index (κ2) is 5.25. The molecular formula is C16H16ClN3O2. The number of esters is 1. The topological polar surface area (TPSA) is 57.0 Å². The summed E-state index contributed by atoms with van der Waals surface area (Å²) in [5.74, 6) is -0.304. The molecule has 22 heavy (non-hydrogen) atoms. The molecule has 0 bridgehead atoms. The van der Waals surface area contributed by atoms with E-state index < -0.39 is 5.54 Å². The van der Waals surface area contributed by atoms with Crippen molar-refractivity contribution < 1.29 is 9.53 Å². The van der Waals surface area contributed by atoms with Crippen LogP contribution in [0.15, 0.2) is 30.6 Å². The van der Waals surface area contributed by atoms with Crippen molar-refractivity contribution in [2.24, 2.45) is 0 Å². The van der Waals surface area contributed by atoms with E-state index in [-0.39, 0.29) is 12.6 Å². The lowest BCUT2D eigenvalue weighted by Crippen LogP contribution is -2.32. The summed E-state index contributed by atoms with van der Waals surface area (Å²) in [5.41, 5.74) is 1.91. The van der Waals surface area contributed by atoms with Gasteiger partial charge in [-0.3, -0.25) is 4.79 Å². The maximum absolute atomic E-state index is 11.1. The Balaban J connectivity index is 2.24. The molecule has 0 amide bonds. The monoisotopic (exact) mass is 317 g/mol. The number of rotatable bonds is 3. The third-order valence-corrected chi connectivity index (χ3v) is 3.89. The number of carbonyl (C=O) groups excluding carboxylic acids is 1. The van der Waals surface area contributed by atoms with Crippen molar-refractivity contribution in [3.8, 4) is 0 Å². The van der Waals surface area contributed by atoms with E-state index in [1.165, 1.54) is 6.92 Å². The van der Waals surface area contributed by atoms with Crippen LogP contribution in [0.3, 0.4) is 0 Å². The van der Waals surface area contributed by atoms with Crippen LogP contribution >= 0.6 is 11.6 Å². The largest absolute Gasteiger partial charge is 0.463 e. The normalized spacial score (nSPS) is 12.0. The number of hydrogen-bond donors (Lipinski definition) is 0. The molecule has 0 aliphatic heterocycles. The number of imidazole rings is 1. The first-order valence-electron chi connectivity index (χ1n) is 6.95. The molecule has 5 nitrogen and oxygen atoms in total. The van der Waals surface area contributed by atoms with Crippen LogP contribution < -0.4 is 0 Å². The fourth-order valence-corrected chi connectivity index (χ4v) is 2.72. The van der Waals surface area contributed by atoms with Crippen molar-refractivity contribution in [3.63, 3.8) is 0 Å². The van der Waals surface area contributed by atoms with E-state index in [1.54, 1.807) is 6.33 Å². The summed E-state index contributed by atoms with van der Waals surface area (Å²) in [6, 6.07) is 7.77. The fourth-order valence-electron chi connectivity index (χ4n) is 2.49. The van der Waals surface area contributed by atoms with E-state index in [0.29, 0.717) is 10.7 Å². The molecule has 0 saturated heterocycles. The average Bonchev–Trinajstić information content (AvgIpc) is 2.92. The Bertz CT molecular complexity index is 870. The number of nitrogens with zero attached hydrogens (tertiary/aromatic N) is 3. The van der Waals surface area contributed by atoms with Crippen LogP contribution in [-0.4, -0.2) is 27.1 Å². The summed E-state index contributed by atoms with van der Waals surface area (Å²) in [6.45, 7) is 5.63. The van der Waals surface area contributed by atoms with Gasteiger partial charge in [-0.05, 0) is 19.9 Å². The number of hydrogen-bond acceptors (Lipinski definition) is 4. The third-order valence-electron chi connectivity index (χ3n) is 3.62. The van der Waals surface area contributed by atoms with Gasteiger partial charge in [0, 0.05) is 12.3 Å². The number of aromatic nitrogens is 3. The van der Waals surface area contributed by atoms with Gasteiger partial charge in [0.25, 0.3) is 0 Å². The second-order valence-electron chi connectivity index (χ2n) is 5.82. The molecule has 0 aliphatic carbocycles. The molecule has 2 heterocycles. The SMILES string of the molecule is CC(=O)OCC(C)(C)n1cnc2c(Cl)nc3ccccc3c21. The van der Waals surface area contributed by atoms with E-state index in [1.807, 2.05) is 42.7 Å². The summed E-state index contributed by atoms with van der Waals surface area (Å²) in [6.07, 6.45) is 1.72. The second-order valence-corrected chi connectivity index (χ2v) is 6.18. The van der Waals surface area contributed by atoms with Gasteiger partial charge in [-0.15, -0.1) is 0 Å². The number of carbonyl (C=O) groups is 1. The fraction of sp³-hybridized carbons (Fsp3) is 0.312. The Kier molecular flexibility index (Phi) is 3.53. The molecule has 114 valence electrons. The van der Waals surface area contributed by atoms with Gasteiger partial charge in [0.2, 0.25) is 0 Å². The van der Waals surface area contributed by atoms with Crippen LogP contribution in [-0.2, 0) is 15.1 Å². The molecule has 0 unspecified atom stereocenters. The molecule has 0 N–H and O–H groups in total. The summed E-state index contributed by atoms with van der Waals surface area (Å²) in [4.78, 5) is 19.9. The molecule has 3 rings (SSSR count). The van der Waals surface area contributed by atoms with Crippen molar-refractivity contribution in [1.29, 1.82) is 0 Å². The van der Waals surface area contributed by atoms with Crippen LogP contribution in [0.5, 0.6) is 0 Å². The number of halogens is 1. The van der Waals surface area contributed by atoms with Gasteiger partial charge < -0.3 is 9.30 Å². The average molecular weight is 318 g/mol. The third kappa shape index (κ3) is 2.41. The van der Waals surface area contributed by atoms with Crippen LogP contribution in [0.25, 0.3) is 21.9 Å². The Labute approximate surface area is 132 Å². The highest BCUT2D eigenvalue weighted by molar-refractivity contribution is 6.35. The predicted molar refractivity (Wildman–Crippen MR) is 86.0 cm³/mol. The van der Waals surface area contributed by atoms with Gasteiger partial charge in [0.05, 0.1) is 22.9 Å². The summed E-state index contributed by atoms with van der Waals surface area (Å²) < 4.78 is 7.17. The lowest BCUT2D eigenvalue weighted by molar-refractivity contribution is -0.143. The molecular weight excluding hydrogens is 302 g/mol. The van der Waals surface area contributed by atoms with Crippen molar-refractivity contribution in [1.82, 2.24) is 14.5 Å². The molecule has 0 atom stereocenters. The molecule has 0 spiro atoms. The summed E-state index contributed by atoms with van der Waals surface area (Å²) in [7, 11) is 0. The summed E-state index contributed by atoms with van der Waals surface area (Å²) >= 11 is 6.25. The Morgan fingerprint density at radius 3 is 2.82 bits per heavy atom. The Hall–Kier alpha value is -2.14. The number of para-hydroxylation sites is 1. The van der Waals surface area contributed by atoms with Gasteiger partial charge in [0.15, 0.2) is 5.15 Å². The van der Waals surface area contributed by atoms with Crippen molar-refractivity contribution in [2.45, 2.75) is 26.3 Å². The maximum atomic E-state index is 11.1. The number of pyridine rings is 1. The first kappa shape index (κ1) is 14.8. The zero-order valence-electron chi connectivity index (χ0n) is 12.6. The maximum Gasteiger partial charge on any atom is 0.302 e. The highest BCUT2D eigenvalue weighted by Gasteiger charge is 2.26. The van der Waals surface area contributed by atoms with Crippen LogP contribution in [0, 0.1) is 0 Å². The number of ether oxygens (including phenoxy) is 1. The van der Waals surface area contributed by atoms with Gasteiger partial charge in [0.1, 0.15) is 12.1 Å². The molecule has 6 heteroatoms. The lowest BCUT2D eigenvalue weighted by Gasteiger charge is -2.27. The van der Waals surface area contributed by atoms with Crippen molar-refractivity contribution in [3.05, 3.63) is 35.7 Å². The van der Waals surface area contributed by atoms with Crippen molar-refractivity contribution >= 4 is 39.5 Å². The van der Waals surface area contributed by atoms with Gasteiger partial charge in [-0.2, -0.15) is 0 Å². The lowest BCUT2D eigenvalue weighted by atomic mass is 10.1. The first-order chi connectivity index (χ1) is 10.4. The first-order valence-corrected chi connectivity index (χ1v) is 7.33. The highest BCUT2D eigenvalue weighted by Crippen LogP contribution is 2.31. The minimum Gasteiger partial charge on any atom is -0.463 e. The molecule has 0 saturated carbocycles. The minimum absolute atomic E-state index is 0.252.